The van der Waals surface area contributed by atoms with E-state index in [0.29, 0.717) is 22.2 Å². The van der Waals surface area contributed by atoms with Crippen LogP contribution in [0.2, 0.25) is 5.02 Å². The highest BCUT2D eigenvalue weighted by atomic mass is 35.5. The standard InChI is InChI=1S/C16H14ClNO3/c1-10-6-7-11(8-12(10)17)18-16(19)15-9-20-13-4-2-3-5-14(13)21-15/h2-8,15H,9H2,1H3,(H,18,19). The summed E-state index contributed by atoms with van der Waals surface area (Å²) in [5, 5.41) is 3.39. The van der Waals surface area contributed by atoms with Crippen molar-refractivity contribution in [2.75, 3.05) is 11.9 Å². The fraction of sp³-hybridized carbons (Fsp3) is 0.188. The molecule has 0 spiro atoms. The molecule has 1 amide bonds. The number of hydrogen-bond donors (Lipinski definition) is 1. The Kier molecular flexibility index (Phi) is 3.71. The molecule has 1 N–H and O–H groups in total. The van der Waals surface area contributed by atoms with Gasteiger partial charge < -0.3 is 14.8 Å². The highest BCUT2D eigenvalue weighted by Crippen LogP contribution is 2.31. The van der Waals surface area contributed by atoms with Crippen molar-refractivity contribution in [1.82, 2.24) is 0 Å². The normalized spacial score (nSPS) is 16.4. The van der Waals surface area contributed by atoms with Gasteiger partial charge in [0, 0.05) is 10.7 Å². The van der Waals surface area contributed by atoms with Gasteiger partial charge in [-0.25, -0.2) is 0 Å². The predicted octanol–water partition coefficient (Wildman–Crippen LogP) is 3.43. The summed E-state index contributed by atoms with van der Waals surface area (Å²) in [5.41, 5.74) is 1.60. The number of anilines is 1. The molecule has 21 heavy (non-hydrogen) atoms. The van der Waals surface area contributed by atoms with Crippen LogP contribution in [-0.4, -0.2) is 18.6 Å². The van der Waals surface area contributed by atoms with Crippen LogP contribution in [0.25, 0.3) is 0 Å². The van der Waals surface area contributed by atoms with E-state index in [1.54, 1.807) is 18.2 Å². The number of rotatable bonds is 2. The van der Waals surface area contributed by atoms with Crippen molar-refractivity contribution in [3.05, 3.63) is 53.1 Å². The van der Waals surface area contributed by atoms with E-state index in [4.69, 9.17) is 21.1 Å². The molecule has 0 aromatic heterocycles. The van der Waals surface area contributed by atoms with Crippen molar-refractivity contribution in [2.24, 2.45) is 0 Å². The Balaban J connectivity index is 1.70. The minimum absolute atomic E-state index is 0.183. The first-order valence-electron chi connectivity index (χ1n) is 6.59. The first kappa shape index (κ1) is 13.8. The molecular weight excluding hydrogens is 290 g/mol. The zero-order valence-electron chi connectivity index (χ0n) is 11.4. The van der Waals surface area contributed by atoms with Gasteiger partial charge in [0.05, 0.1) is 0 Å². The van der Waals surface area contributed by atoms with E-state index in [9.17, 15) is 4.79 Å². The highest BCUT2D eigenvalue weighted by molar-refractivity contribution is 6.31. The summed E-state index contributed by atoms with van der Waals surface area (Å²) in [6.07, 6.45) is -0.681. The Bertz CT molecular complexity index is 687. The second kappa shape index (κ2) is 5.66. The maximum atomic E-state index is 12.2. The first-order chi connectivity index (χ1) is 10.1. The SMILES string of the molecule is Cc1ccc(NC(=O)C2COc3ccccc3O2)cc1Cl. The summed E-state index contributed by atoms with van der Waals surface area (Å²) < 4.78 is 11.2. The van der Waals surface area contributed by atoms with Gasteiger partial charge in [-0.1, -0.05) is 29.8 Å². The van der Waals surface area contributed by atoms with Crippen LogP contribution < -0.4 is 14.8 Å². The van der Waals surface area contributed by atoms with Crippen molar-refractivity contribution in [2.45, 2.75) is 13.0 Å². The molecule has 2 aromatic rings. The predicted molar refractivity (Wildman–Crippen MR) is 81.2 cm³/mol. The van der Waals surface area contributed by atoms with Crippen LogP contribution in [0.4, 0.5) is 5.69 Å². The molecule has 0 saturated carbocycles. The number of aryl methyl sites for hydroxylation is 1. The molecule has 0 aliphatic carbocycles. The largest absolute Gasteiger partial charge is 0.485 e. The Labute approximate surface area is 127 Å². The lowest BCUT2D eigenvalue weighted by molar-refractivity contribution is -0.125. The summed E-state index contributed by atoms with van der Waals surface area (Å²) in [7, 11) is 0. The average molecular weight is 304 g/mol. The van der Waals surface area contributed by atoms with Gasteiger partial charge >= 0.3 is 0 Å². The summed E-state index contributed by atoms with van der Waals surface area (Å²) in [4.78, 5) is 12.2. The van der Waals surface area contributed by atoms with E-state index in [0.717, 1.165) is 5.56 Å². The molecule has 1 atom stereocenters. The molecule has 0 fully saturated rings. The molecule has 0 saturated heterocycles. The quantitative estimate of drug-likeness (QED) is 0.924. The number of fused-ring (bicyclic) bond motifs is 1. The average Bonchev–Trinajstić information content (AvgIpc) is 2.50. The second-order valence-corrected chi connectivity index (χ2v) is 5.22. The van der Waals surface area contributed by atoms with Gasteiger partial charge in [-0.05, 0) is 36.8 Å². The number of hydrogen-bond acceptors (Lipinski definition) is 3. The van der Waals surface area contributed by atoms with Crippen LogP contribution in [0, 0.1) is 6.92 Å². The summed E-state index contributed by atoms with van der Waals surface area (Å²) in [5.74, 6) is 0.968. The minimum Gasteiger partial charge on any atom is -0.485 e. The topological polar surface area (TPSA) is 47.6 Å². The summed E-state index contributed by atoms with van der Waals surface area (Å²) >= 11 is 6.04. The molecule has 1 aliphatic heterocycles. The van der Waals surface area contributed by atoms with E-state index in [1.165, 1.54) is 0 Å². The maximum Gasteiger partial charge on any atom is 0.269 e. The molecule has 3 rings (SSSR count). The molecule has 4 nitrogen and oxygen atoms in total. The molecule has 108 valence electrons. The van der Waals surface area contributed by atoms with Crippen LogP contribution in [-0.2, 0) is 4.79 Å². The maximum absolute atomic E-state index is 12.2. The lowest BCUT2D eigenvalue weighted by Gasteiger charge is -2.25. The van der Waals surface area contributed by atoms with Gasteiger partial charge in [-0.15, -0.1) is 0 Å². The van der Waals surface area contributed by atoms with Gasteiger partial charge in [0.25, 0.3) is 5.91 Å². The van der Waals surface area contributed by atoms with Crippen molar-refractivity contribution in [3.8, 4) is 11.5 Å². The van der Waals surface area contributed by atoms with Gasteiger partial charge in [0.15, 0.2) is 11.5 Å². The Morgan fingerprint density at radius 3 is 2.76 bits per heavy atom. The van der Waals surface area contributed by atoms with Crippen molar-refractivity contribution >= 4 is 23.2 Å². The number of carbonyl (C=O) groups excluding carboxylic acids is 1. The van der Waals surface area contributed by atoms with E-state index >= 15 is 0 Å². The highest BCUT2D eigenvalue weighted by Gasteiger charge is 2.27. The van der Waals surface area contributed by atoms with Crippen LogP contribution in [0.3, 0.4) is 0 Å². The number of para-hydroxylation sites is 2. The van der Waals surface area contributed by atoms with E-state index in [2.05, 4.69) is 5.32 Å². The van der Waals surface area contributed by atoms with Gasteiger partial charge in [-0.3, -0.25) is 4.79 Å². The third-order valence-electron chi connectivity index (χ3n) is 3.24. The van der Waals surface area contributed by atoms with Gasteiger partial charge in [0.2, 0.25) is 6.10 Å². The number of amides is 1. The van der Waals surface area contributed by atoms with Crippen LogP contribution >= 0.6 is 11.6 Å². The monoisotopic (exact) mass is 303 g/mol. The van der Waals surface area contributed by atoms with Crippen molar-refractivity contribution in [1.29, 1.82) is 0 Å². The Morgan fingerprint density at radius 1 is 1.24 bits per heavy atom. The van der Waals surface area contributed by atoms with E-state index in [1.807, 2.05) is 31.2 Å². The number of nitrogens with one attached hydrogen (secondary N) is 1. The molecule has 2 aromatic carbocycles. The minimum atomic E-state index is -0.681. The third-order valence-corrected chi connectivity index (χ3v) is 3.65. The Morgan fingerprint density at radius 2 is 2.00 bits per heavy atom. The van der Waals surface area contributed by atoms with Gasteiger partial charge in [-0.2, -0.15) is 0 Å². The molecule has 0 bridgehead atoms. The zero-order valence-corrected chi connectivity index (χ0v) is 12.2. The molecule has 1 heterocycles. The number of benzene rings is 2. The van der Waals surface area contributed by atoms with E-state index < -0.39 is 6.10 Å². The molecule has 1 unspecified atom stereocenters. The molecular formula is C16H14ClNO3. The summed E-state index contributed by atoms with van der Waals surface area (Å²) in [6, 6.07) is 12.6. The summed E-state index contributed by atoms with van der Waals surface area (Å²) in [6.45, 7) is 2.09. The Hall–Kier alpha value is -2.20. The zero-order chi connectivity index (χ0) is 14.8. The van der Waals surface area contributed by atoms with Crippen molar-refractivity contribution in [3.63, 3.8) is 0 Å². The number of ether oxygens (including phenoxy) is 2. The molecule has 0 radical (unpaired) electrons. The van der Waals surface area contributed by atoms with Crippen LogP contribution in [0.15, 0.2) is 42.5 Å². The molecule has 5 heteroatoms. The lowest BCUT2D eigenvalue weighted by Crippen LogP contribution is -2.40. The third kappa shape index (κ3) is 2.95. The number of halogens is 1. The smallest absolute Gasteiger partial charge is 0.269 e. The number of carbonyl (C=O) groups is 1. The first-order valence-corrected chi connectivity index (χ1v) is 6.97. The van der Waals surface area contributed by atoms with E-state index in [-0.39, 0.29) is 12.5 Å². The fourth-order valence-electron chi connectivity index (χ4n) is 2.04. The van der Waals surface area contributed by atoms with Crippen LogP contribution in [0.5, 0.6) is 11.5 Å². The lowest BCUT2D eigenvalue weighted by atomic mass is 10.2. The van der Waals surface area contributed by atoms with Gasteiger partial charge in [0.1, 0.15) is 6.61 Å². The second-order valence-electron chi connectivity index (χ2n) is 4.82. The van der Waals surface area contributed by atoms with Crippen molar-refractivity contribution < 1.29 is 14.3 Å². The molecule has 1 aliphatic rings. The fourth-order valence-corrected chi connectivity index (χ4v) is 2.22. The van der Waals surface area contributed by atoms with Crippen LogP contribution in [0.1, 0.15) is 5.56 Å².